The first-order chi connectivity index (χ1) is 7.99. The maximum atomic E-state index is 11.7. The van der Waals surface area contributed by atoms with Gasteiger partial charge in [0.2, 0.25) is 5.91 Å². The van der Waals surface area contributed by atoms with Crippen LogP contribution in [0.15, 0.2) is 24.3 Å². The van der Waals surface area contributed by atoms with Gasteiger partial charge in [-0.1, -0.05) is 0 Å². The molecule has 17 heavy (non-hydrogen) atoms. The van der Waals surface area contributed by atoms with E-state index in [0.29, 0.717) is 12.3 Å². The number of hydrogen-bond acceptors (Lipinski definition) is 3. The zero-order valence-corrected chi connectivity index (χ0v) is 10.3. The molecular formula is C13H16N2O2. The zero-order valence-electron chi connectivity index (χ0n) is 10.3. The first-order valence-corrected chi connectivity index (χ1v) is 5.45. The Morgan fingerprint density at radius 3 is 2.47 bits per heavy atom. The minimum absolute atomic E-state index is 0.316. The highest BCUT2D eigenvalue weighted by Gasteiger charge is 2.27. The first kappa shape index (κ1) is 13.0. The highest BCUT2D eigenvalue weighted by molar-refractivity contribution is 5.96. The number of nitrogens with one attached hydrogen (secondary N) is 1. The van der Waals surface area contributed by atoms with Crippen molar-refractivity contribution in [2.45, 2.75) is 20.8 Å². The molecule has 0 heterocycles. The van der Waals surface area contributed by atoms with Crippen LogP contribution in [0.2, 0.25) is 0 Å². The number of rotatable bonds is 4. The summed E-state index contributed by atoms with van der Waals surface area (Å²) < 4.78 is 5.29. The maximum Gasteiger partial charge on any atom is 0.244 e. The molecule has 0 bridgehead atoms. The van der Waals surface area contributed by atoms with E-state index >= 15 is 0 Å². The average molecular weight is 232 g/mol. The highest BCUT2D eigenvalue weighted by atomic mass is 16.5. The van der Waals surface area contributed by atoms with E-state index in [9.17, 15) is 4.79 Å². The summed E-state index contributed by atoms with van der Waals surface area (Å²) in [5.41, 5.74) is -0.375. The second-order valence-corrected chi connectivity index (χ2v) is 4.15. The molecule has 0 atom stereocenters. The van der Waals surface area contributed by atoms with Crippen molar-refractivity contribution in [3.63, 3.8) is 0 Å². The topological polar surface area (TPSA) is 62.1 Å². The molecule has 0 spiro atoms. The van der Waals surface area contributed by atoms with Crippen LogP contribution in [0, 0.1) is 16.7 Å². The van der Waals surface area contributed by atoms with Crippen molar-refractivity contribution >= 4 is 11.6 Å². The fraction of sp³-hybridized carbons (Fsp3) is 0.385. The number of hydrogen-bond donors (Lipinski definition) is 1. The third-order valence-corrected chi connectivity index (χ3v) is 2.27. The van der Waals surface area contributed by atoms with Crippen LogP contribution in [0.4, 0.5) is 5.69 Å². The normalized spacial score (nSPS) is 10.5. The molecule has 1 N–H and O–H groups in total. The van der Waals surface area contributed by atoms with Gasteiger partial charge in [-0.2, -0.15) is 5.26 Å². The van der Waals surface area contributed by atoms with Gasteiger partial charge < -0.3 is 10.1 Å². The lowest BCUT2D eigenvalue weighted by Gasteiger charge is -2.15. The van der Waals surface area contributed by atoms with Crippen molar-refractivity contribution < 1.29 is 9.53 Å². The Hall–Kier alpha value is -2.02. The van der Waals surface area contributed by atoms with Crippen LogP contribution in [-0.4, -0.2) is 12.5 Å². The monoisotopic (exact) mass is 232 g/mol. The quantitative estimate of drug-likeness (QED) is 0.867. The van der Waals surface area contributed by atoms with Crippen LogP contribution in [0.25, 0.3) is 0 Å². The number of ether oxygens (including phenoxy) is 1. The number of benzene rings is 1. The summed E-state index contributed by atoms with van der Waals surface area (Å²) >= 11 is 0. The summed E-state index contributed by atoms with van der Waals surface area (Å²) in [5.74, 6) is 0.439. The summed E-state index contributed by atoms with van der Waals surface area (Å²) in [6, 6.07) is 9.00. The van der Waals surface area contributed by atoms with E-state index in [2.05, 4.69) is 5.32 Å². The smallest absolute Gasteiger partial charge is 0.244 e. The third kappa shape index (κ3) is 3.49. The summed E-state index contributed by atoms with van der Waals surface area (Å²) in [7, 11) is 0. The van der Waals surface area contributed by atoms with Gasteiger partial charge in [0.25, 0.3) is 0 Å². The lowest BCUT2D eigenvalue weighted by atomic mass is 9.94. The minimum atomic E-state index is -1.03. The molecule has 0 aromatic heterocycles. The average Bonchev–Trinajstić information content (AvgIpc) is 2.32. The Labute approximate surface area is 101 Å². The van der Waals surface area contributed by atoms with Crippen LogP contribution in [0.3, 0.4) is 0 Å². The second-order valence-electron chi connectivity index (χ2n) is 4.15. The van der Waals surface area contributed by atoms with Crippen LogP contribution < -0.4 is 10.1 Å². The van der Waals surface area contributed by atoms with Crippen molar-refractivity contribution in [3.05, 3.63) is 24.3 Å². The molecule has 0 aliphatic rings. The molecule has 1 rings (SSSR count). The summed E-state index contributed by atoms with van der Waals surface area (Å²) in [5, 5.41) is 11.5. The SMILES string of the molecule is CCOc1ccc(NC(=O)C(C)(C)C#N)cc1. The van der Waals surface area contributed by atoms with E-state index < -0.39 is 5.41 Å². The molecular weight excluding hydrogens is 216 g/mol. The second kappa shape index (κ2) is 5.35. The van der Waals surface area contributed by atoms with E-state index in [1.807, 2.05) is 13.0 Å². The van der Waals surface area contributed by atoms with Gasteiger partial charge in [-0.3, -0.25) is 4.79 Å². The van der Waals surface area contributed by atoms with Gasteiger partial charge in [0.1, 0.15) is 11.2 Å². The molecule has 0 saturated heterocycles. The first-order valence-electron chi connectivity index (χ1n) is 5.45. The van der Waals surface area contributed by atoms with Crippen molar-refractivity contribution in [2.75, 3.05) is 11.9 Å². The number of anilines is 1. The van der Waals surface area contributed by atoms with Gasteiger partial charge in [0.15, 0.2) is 0 Å². The Kier molecular flexibility index (Phi) is 4.11. The number of nitriles is 1. The Morgan fingerprint density at radius 2 is 2.00 bits per heavy atom. The number of amides is 1. The molecule has 1 aromatic carbocycles. The molecule has 0 unspecified atom stereocenters. The lowest BCUT2D eigenvalue weighted by Crippen LogP contribution is -2.29. The zero-order chi connectivity index (χ0) is 12.9. The van der Waals surface area contributed by atoms with Gasteiger partial charge in [-0.15, -0.1) is 0 Å². The molecule has 0 fully saturated rings. The fourth-order valence-corrected chi connectivity index (χ4v) is 1.14. The molecule has 90 valence electrons. The van der Waals surface area contributed by atoms with Crippen molar-refractivity contribution in [1.29, 1.82) is 5.26 Å². The van der Waals surface area contributed by atoms with Crippen LogP contribution in [0.1, 0.15) is 20.8 Å². The maximum absolute atomic E-state index is 11.7. The molecule has 1 aromatic rings. The lowest BCUT2D eigenvalue weighted by molar-refractivity contribution is -0.121. The van der Waals surface area contributed by atoms with Gasteiger partial charge in [-0.25, -0.2) is 0 Å². The molecule has 0 aliphatic carbocycles. The van der Waals surface area contributed by atoms with Crippen LogP contribution >= 0.6 is 0 Å². The van der Waals surface area contributed by atoms with E-state index in [1.165, 1.54) is 0 Å². The molecule has 1 amide bonds. The fourth-order valence-electron chi connectivity index (χ4n) is 1.14. The Balaban J connectivity index is 2.70. The van der Waals surface area contributed by atoms with Gasteiger partial charge >= 0.3 is 0 Å². The number of nitrogens with zero attached hydrogens (tertiary/aromatic N) is 1. The summed E-state index contributed by atoms with van der Waals surface area (Å²) in [6.07, 6.45) is 0. The summed E-state index contributed by atoms with van der Waals surface area (Å²) in [4.78, 5) is 11.7. The standard InChI is InChI=1S/C13H16N2O2/c1-4-17-11-7-5-10(6-8-11)15-12(16)13(2,3)9-14/h5-8H,4H2,1-3H3,(H,15,16). The van der Waals surface area contributed by atoms with Crippen LogP contribution in [-0.2, 0) is 4.79 Å². The van der Waals surface area contributed by atoms with Crippen molar-refractivity contribution in [2.24, 2.45) is 5.41 Å². The van der Waals surface area contributed by atoms with E-state index in [-0.39, 0.29) is 5.91 Å². The van der Waals surface area contributed by atoms with E-state index in [0.717, 1.165) is 5.75 Å². The molecule has 0 saturated carbocycles. The van der Waals surface area contributed by atoms with Crippen LogP contribution in [0.5, 0.6) is 5.75 Å². The van der Waals surface area contributed by atoms with E-state index in [1.54, 1.807) is 38.1 Å². The Bertz CT molecular complexity index is 430. The molecule has 0 aliphatic heterocycles. The van der Waals surface area contributed by atoms with Gasteiger partial charge in [0, 0.05) is 5.69 Å². The number of carbonyl (C=O) groups excluding carboxylic acids is 1. The molecule has 0 radical (unpaired) electrons. The van der Waals surface area contributed by atoms with E-state index in [4.69, 9.17) is 10.00 Å². The molecule has 4 nitrogen and oxygen atoms in total. The highest BCUT2D eigenvalue weighted by Crippen LogP contribution is 2.19. The minimum Gasteiger partial charge on any atom is -0.494 e. The molecule has 4 heteroatoms. The van der Waals surface area contributed by atoms with Crippen molar-refractivity contribution in [3.8, 4) is 11.8 Å². The Morgan fingerprint density at radius 1 is 1.41 bits per heavy atom. The predicted molar refractivity (Wildman–Crippen MR) is 65.6 cm³/mol. The van der Waals surface area contributed by atoms with Gasteiger partial charge in [-0.05, 0) is 45.0 Å². The predicted octanol–water partition coefficient (Wildman–Crippen LogP) is 2.57. The largest absolute Gasteiger partial charge is 0.494 e. The summed E-state index contributed by atoms with van der Waals surface area (Å²) in [6.45, 7) is 5.67. The third-order valence-electron chi connectivity index (χ3n) is 2.27. The van der Waals surface area contributed by atoms with Gasteiger partial charge in [0.05, 0.1) is 12.7 Å². The number of carbonyl (C=O) groups is 1. The van der Waals surface area contributed by atoms with Crippen molar-refractivity contribution in [1.82, 2.24) is 0 Å².